The molecule has 3 N–H and O–H groups in total. The summed E-state index contributed by atoms with van der Waals surface area (Å²) in [5.74, 6) is -2.57. The highest BCUT2D eigenvalue weighted by atomic mass is 19.1. The quantitative estimate of drug-likeness (QED) is 0.782. The molecule has 2 amide bonds. The van der Waals surface area contributed by atoms with E-state index in [0.717, 1.165) is 12.1 Å². The molecule has 1 aliphatic rings. The Kier molecular flexibility index (Phi) is 3.37. The van der Waals surface area contributed by atoms with Crippen molar-refractivity contribution in [2.24, 2.45) is 5.41 Å². The molecule has 1 aromatic carbocycles. The number of anilines is 1. The van der Waals surface area contributed by atoms with Gasteiger partial charge in [-0.25, -0.2) is 13.6 Å². The van der Waals surface area contributed by atoms with Gasteiger partial charge in [0, 0.05) is 18.3 Å². The SMILES string of the molecule is O=C(NCC1(C(=O)O)CC1)Nc1cc(F)cc(F)c1. The maximum absolute atomic E-state index is 12.9. The summed E-state index contributed by atoms with van der Waals surface area (Å²) in [5.41, 5.74) is -0.917. The minimum atomic E-state index is -0.954. The summed E-state index contributed by atoms with van der Waals surface area (Å²) in [6, 6.07) is 1.92. The Labute approximate surface area is 107 Å². The van der Waals surface area contributed by atoms with Crippen LogP contribution in [0.1, 0.15) is 12.8 Å². The van der Waals surface area contributed by atoms with Gasteiger partial charge in [-0.3, -0.25) is 4.79 Å². The van der Waals surface area contributed by atoms with Gasteiger partial charge in [0.15, 0.2) is 0 Å². The van der Waals surface area contributed by atoms with Gasteiger partial charge in [0.25, 0.3) is 0 Å². The fourth-order valence-corrected chi connectivity index (χ4v) is 1.67. The van der Waals surface area contributed by atoms with Crippen LogP contribution in [0, 0.1) is 17.0 Å². The van der Waals surface area contributed by atoms with E-state index in [1.165, 1.54) is 0 Å². The van der Waals surface area contributed by atoms with E-state index in [1.54, 1.807) is 0 Å². The number of hydrogen-bond acceptors (Lipinski definition) is 2. The van der Waals surface area contributed by atoms with E-state index in [-0.39, 0.29) is 12.2 Å². The highest BCUT2D eigenvalue weighted by Crippen LogP contribution is 2.45. The molecular weight excluding hydrogens is 258 g/mol. The van der Waals surface area contributed by atoms with E-state index < -0.39 is 29.0 Å². The monoisotopic (exact) mass is 270 g/mol. The average molecular weight is 270 g/mol. The topological polar surface area (TPSA) is 78.4 Å². The zero-order valence-electron chi connectivity index (χ0n) is 9.87. The highest BCUT2D eigenvalue weighted by Gasteiger charge is 2.50. The summed E-state index contributed by atoms with van der Waals surface area (Å²) in [7, 11) is 0. The summed E-state index contributed by atoms with van der Waals surface area (Å²) in [6.45, 7) is -0.00797. The molecule has 1 fully saturated rings. The molecule has 0 spiro atoms. The van der Waals surface area contributed by atoms with E-state index in [0.29, 0.717) is 18.9 Å². The summed E-state index contributed by atoms with van der Waals surface area (Å²) in [5, 5.41) is 13.5. The first-order valence-corrected chi connectivity index (χ1v) is 5.66. The molecule has 102 valence electrons. The smallest absolute Gasteiger partial charge is 0.319 e. The number of rotatable bonds is 4. The van der Waals surface area contributed by atoms with Crippen LogP contribution >= 0.6 is 0 Å². The molecule has 5 nitrogen and oxygen atoms in total. The van der Waals surface area contributed by atoms with Crippen LogP contribution in [-0.2, 0) is 4.79 Å². The molecule has 0 bridgehead atoms. The Morgan fingerprint density at radius 3 is 2.26 bits per heavy atom. The second-order valence-electron chi connectivity index (χ2n) is 4.55. The Morgan fingerprint density at radius 1 is 1.21 bits per heavy atom. The third-order valence-corrected chi connectivity index (χ3v) is 3.01. The van der Waals surface area contributed by atoms with Crippen molar-refractivity contribution in [3.8, 4) is 0 Å². The van der Waals surface area contributed by atoms with Crippen LogP contribution in [0.25, 0.3) is 0 Å². The molecule has 1 aromatic rings. The van der Waals surface area contributed by atoms with Crippen LogP contribution in [0.4, 0.5) is 19.3 Å². The van der Waals surface area contributed by atoms with Crippen molar-refractivity contribution < 1.29 is 23.5 Å². The first-order valence-electron chi connectivity index (χ1n) is 5.66. The molecule has 0 aromatic heterocycles. The van der Waals surface area contributed by atoms with E-state index in [1.807, 2.05) is 0 Å². The van der Waals surface area contributed by atoms with Crippen LogP contribution in [0.5, 0.6) is 0 Å². The molecule has 1 aliphatic carbocycles. The summed E-state index contributed by atoms with van der Waals surface area (Å²) < 4.78 is 25.8. The van der Waals surface area contributed by atoms with E-state index in [9.17, 15) is 18.4 Å². The van der Waals surface area contributed by atoms with Crippen molar-refractivity contribution in [1.29, 1.82) is 0 Å². The first kappa shape index (κ1) is 13.3. The lowest BCUT2D eigenvalue weighted by Gasteiger charge is -2.12. The minimum Gasteiger partial charge on any atom is -0.481 e. The van der Waals surface area contributed by atoms with E-state index >= 15 is 0 Å². The molecule has 7 heteroatoms. The highest BCUT2D eigenvalue weighted by molar-refractivity contribution is 5.90. The molecule has 0 radical (unpaired) electrons. The number of amides is 2. The molecule has 2 rings (SSSR count). The van der Waals surface area contributed by atoms with Crippen molar-refractivity contribution in [3.05, 3.63) is 29.8 Å². The van der Waals surface area contributed by atoms with Crippen molar-refractivity contribution in [2.45, 2.75) is 12.8 Å². The van der Waals surface area contributed by atoms with Crippen molar-refractivity contribution in [3.63, 3.8) is 0 Å². The van der Waals surface area contributed by atoms with Gasteiger partial charge < -0.3 is 15.7 Å². The third kappa shape index (κ3) is 3.18. The van der Waals surface area contributed by atoms with E-state index in [2.05, 4.69) is 10.6 Å². The predicted molar refractivity (Wildman–Crippen MR) is 62.7 cm³/mol. The molecule has 0 atom stereocenters. The Morgan fingerprint density at radius 2 is 1.79 bits per heavy atom. The number of carboxylic acids is 1. The van der Waals surface area contributed by atoms with Gasteiger partial charge in [-0.15, -0.1) is 0 Å². The lowest BCUT2D eigenvalue weighted by Crippen LogP contribution is -2.36. The Bertz CT molecular complexity index is 509. The number of nitrogens with one attached hydrogen (secondary N) is 2. The van der Waals surface area contributed by atoms with Gasteiger partial charge in [-0.05, 0) is 25.0 Å². The maximum atomic E-state index is 12.9. The van der Waals surface area contributed by atoms with Gasteiger partial charge in [0.2, 0.25) is 0 Å². The summed E-state index contributed by atoms with van der Waals surface area (Å²) >= 11 is 0. The Balaban J connectivity index is 1.89. The van der Waals surface area contributed by atoms with Gasteiger partial charge in [-0.2, -0.15) is 0 Å². The molecule has 0 heterocycles. The Hall–Kier alpha value is -2.18. The molecule has 0 aliphatic heterocycles. The van der Waals surface area contributed by atoms with Crippen LogP contribution in [0.15, 0.2) is 18.2 Å². The van der Waals surface area contributed by atoms with Crippen LogP contribution < -0.4 is 10.6 Å². The first-order chi connectivity index (χ1) is 8.91. The third-order valence-electron chi connectivity index (χ3n) is 3.01. The van der Waals surface area contributed by atoms with Crippen molar-refractivity contribution >= 4 is 17.7 Å². The summed E-state index contributed by atoms with van der Waals surface area (Å²) in [6.07, 6.45) is 1.02. The second kappa shape index (κ2) is 4.83. The van der Waals surface area contributed by atoms with Gasteiger partial charge in [-0.1, -0.05) is 0 Å². The van der Waals surface area contributed by atoms with E-state index in [4.69, 9.17) is 5.11 Å². The lowest BCUT2D eigenvalue weighted by molar-refractivity contribution is -0.143. The molecule has 0 unspecified atom stereocenters. The fraction of sp³-hybridized carbons (Fsp3) is 0.333. The van der Waals surface area contributed by atoms with Gasteiger partial charge >= 0.3 is 12.0 Å². The number of aliphatic carboxylic acids is 1. The molecule has 1 saturated carbocycles. The molecule has 0 saturated heterocycles. The predicted octanol–water partition coefficient (Wildman–Crippen LogP) is 1.95. The number of urea groups is 1. The zero-order valence-corrected chi connectivity index (χ0v) is 9.87. The maximum Gasteiger partial charge on any atom is 0.319 e. The van der Waals surface area contributed by atoms with Gasteiger partial charge in [0.1, 0.15) is 11.6 Å². The van der Waals surface area contributed by atoms with Crippen LogP contribution in [0.3, 0.4) is 0 Å². The molecule has 19 heavy (non-hydrogen) atoms. The zero-order chi connectivity index (χ0) is 14.0. The number of hydrogen-bond donors (Lipinski definition) is 3. The average Bonchev–Trinajstić information content (AvgIpc) is 3.05. The normalized spacial score (nSPS) is 15.7. The number of benzene rings is 1. The number of carboxylic acid groups (broad SMARTS) is 1. The minimum absolute atomic E-state index is 0.00797. The number of carbonyl (C=O) groups is 2. The number of halogens is 2. The summed E-state index contributed by atoms with van der Waals surface area (Å²) in [4.78, 5) is 22.3. The van der Waals surface area contributed by atoms with Gasteiger partial charge in [0.05, 0.1) is 5.41 Å². The largest absolute Gasteiger partial charge is 0.481 e. The fourth-order valence-electron chi connectivity index (χ4n) is 1.67. The second-order valence-corrected chi connectivity index (χ2v) is 4.55. The standard InChI is InChI=1S/C12H12F2N2O3/c13-7-3-8(14)5-9(4-7)16-11(19)15-6-12(1-2-12)10(17)18/h3-5H,1-2,6H2,(H,17,18)(H2,15,16,19). The lowest BCUT2D eigenvalue weighted by atomic mass is 10.1. The van der Waals surface area contributed by atoms with Crippen molar-refractivity contribution in [2.75, 3.05) is 11.9 Å². The van der Waals surface area contributed by atoms with Crippen LogP contribution in [0.2, 0.25) is 0 Å². The van der Waals surface area contributed by atoms with Crippen molar-refractivity contribution in [1.82, 2.24) is 5.32 Å². The number of carbonyl (C=O) groups excluding carboxylic acids is 1. The molecular formula is C12H12F2N2O3. The van der Waals surface area contributed by atoms with Crippen LogP contribution in [-0.4, -0.2) is 23.7 Å².